The molecule has 8 heteroatoms. The van der Waals surface area contributed by atoms with Crippen molar-refractivity contribution in [1.82, 2.24) is 10.3 Å². The fraction of sp³-hybridized carbons (Fsp3) is 0.381. The van der Waals surface area contributed by atoms with E-state index in [1.54, 1.807) is 12.1 Å². The molecular weight excluding hydrogens is 395 g/mol. The predicted molar refractivity (Wildman–Crippen MR) is 109 cm³/mol. The summed E-state index contributed by atoms with van der Waals surface area (Å²) in [6, 6.07) is 8.13. The number of nitrogens with zero attached hydrogens (tertiary/aromatic N) is 2. The Hall–Kier alpha value is -2.67. The van der Waals surface area contributed by atoms with Crippen LogP contribution in [0.5, 0.6) is 0 Å². The maximum Gasteiger partial charge on any atom is 0.270 e. The van der Waals surface area contributed by atoms with Crippen LogP contribution in [-0.4, -0.2) is 28.9 Å². The molecule has 1 aromatic carbocycles. The third-order valence-corrected chi connectivity index (χ3v) is 6.35. The molecule has 29 heavy (non-hydrogen) atoms. The van der Waals surface area contributed by atoms with Gasteiger partial charge in [0.2, 0.25) is 5.91 Å². The van der Waals surface area contributed by atoms with Crippen molar-refractivity contribution in [3.8, 4) is 0 Å². The normalized spacial score (nSPS) is 21.6. The summed E-state index contributed by atoms with van der Waals surface area (Å²) in [6.45, 7) is 4.72. The molecule has 1 aromatic heterocycles. The summed E-state index contributed by atoms with van der Waals surface area (Å²) in [5, 5.41) is 2.79. The summed E-state index contributed by atoms with van der Waals surface area (Å²) < 4.78 is 14.0. The third-order valence-electron chi connectivity index (χ3n) is 6.05. The number of aromatic nitrogens is 1. The number of benzene rings is 1. The Labute approximate surface area is 173 Å². The van der Waals surface area contributed by atoms with Gasteiger partial charge in [0, 0.05) is 17.6 Å². The van der Waals surface area contributed by atoms with Gasteiger partial charge in [0.1, 0.15) is 17.1 Å². The van der Waals surface area contributed by atoms with Gasteiger partial charge < -0.3 is 16.0 Å². The molecule has 6 nitrogen and oxygen atoms in total. The SMILES string of the molecule is CCC1(C)CN(c2ccc(Cl)c(F)c2)c2ccc(C(=O)NC3(C(N)=O)CC3)nc21. The maximum atomic E-state index is 14.0. The van der Waals surface area contributed by atoms with Gasteiger partial charge in [-0.25, -0.2) is 9.37 Å². The minimum atomic E-state index is -0.946. The minimum absolute atomic E-state index is 0.0695. The van der Waals surface area contributed by atoms with Gasteiger partial charge in [0.05, 0.1) is 16.4 Å². The molecule has 0 spiro atoms. The van der Waals surface area contributed by atoms with Gasteiger partial charge >= 0.3 is 0 Å². The van der Waals surface area contributed by atoms with E-state index >= 15 is 0 Å². The fourth-order valence-corrected chi connectivity index (χ4v) is 3.87. The summed E-state index contributed by atoms with van der Waals surface area (Å²) in [7, 11) is 0. The molecule has 4 rings (SSSR count). The molecule has 1 aliphatic carbocycles. The standard InChI is InChI=1S/C21H22ClFN4O2/c1-3-20(2)11-27(12-4-5-13(22)14(23)10-12)16-7-6-15(25-17(16)20)18(28)26-21(8-9-21)19(24)29/h4-7,10H,3,8-9,11H2,1-2H3,(H2,24,29)(H,26,28). The number of anilines is 2. The molecule has 2 amide bonds. The molecule has 0 bridgehead atoms. The Bertz CT molecular complexity index is 1020. The molecule has 0 radical (unpaired) electrons. The van der Waals surface area contributed by atoms with Crippen LogP contribution in [-0.2, 0) is 10.2 Å². The highest BCUT2D eigenvalue weighted by Gasteiger charge is 2.50. The number of carbonyl (C=O) groups is 2. The molecule has 1 saturated carbocycles. The molecule has 152 valence electrons. The number of fused-ring (bicyclic) bond motifs is 1. The van der Waals surface area contributed by atoms with Crippen LogP contribution in [0.2, 0.25) is 5.02 Å². The van der Waals surface area contributed by atoms with Crippen LogP contribution in [0.25, 0.3) is 0 Å². The van der Waals surface area contributed by atoms with Crippen molar-refractivity contribution in [2.24, 2.45) is 5.73 Å². The van der Waals surface area contributed by atoms with Crippen LogP contribution >= 0.6 is 11.6 Å². The van der Waals surface area contributed by atoms with Crippen molar-refractivity contribution >= 4 is 34.8 Å². The molecule has 0 saturated heterocycles. The van der Waals surface area contributed by atoms with Crippen LogP contribution < -0.4 is 16.0 Å². The number of primary amides is 1. The second kappa shape index (κ2) is 6.69. The summed E-state index contributed by atoms with van der Waals surface area (Å²) in [5.74, 6) is -1.43. The van der Waals surface area contributed by atoms with Gasteiger partial charge in [-0.2, -0.15) is 0 Å². The average Bonchev–Trinajstić information content (AvgIpc) is 3.42. The number of carbonyl (C=O) groups excluding carboxylic acids is 2. The molecule has 1 atom stereocenters. The zero-order valence-corrected chi connectivity index (χ0v) is 17.0. The molecule has 1 aliphatic heterocycles. The van der Waals surface area contributed by atoms with Crippen molar-refractivity contribution in [3.63, 3.8) is 0 Å². The number of nitrogens with two attached hydrogens (primary N) is 1. The van der Waals surface area contributed by atoms with Crippen LogP contribution in [0.1, 0.15) is 49.3 Å². The van der Waals surface area contributed by atoms with E-state index in [1.807, 2.05) is 11.0 Å². The summed E-state index contributed by atoms with van der Waals surface area (Å²) >= 11 is 5.82. The summed E-state index contributed by atoms with van der Waals surface area (Å²) in [5.41, 5.74) is 6.64. The van der Waals surface area contributed by atoms with E-state index in [0.29, 0.717) is 25.1 Å². The predicted octanol–water partition coefficient (Wildman–Crippen LogP) is 3.44. The number of hydrogen-bond acceptors (Lipinski definition) is 4. The zero-order chi connectivity index (χ0) is 21.0. The number of amides is 2. The van der Waals surface area contributed by atoms with Crippen molar-refractivity contribution in [3.05, 3.63) is 52.6 Å². The van der Waals surface area contributed by atoms with E-state index < -0.39 is 23.2 Å². The monoisotopic (exact) mass is 416 g/mol. The zero-order valence-electron chi connectivity index (χ0n) is 16.3. The lowest BCUT2D eigenvalue weighted by molar-refractivity contribution is -0.120. The first-order valence-corrected chi connectivity index (χ1v) is 9.93. The number of hydrogen-bond donors (Lipinski definition) is 2. The Kier molecular flexibility index (Phi) is 4.53. The van der Waals surface area contributed by atoms with Crippen LogP contribution in [0.15, 0.2) is 30.3 Å². The van der Waals surface area contributed by atoms with E-state index in [-0.39, 0.29) is 16.1 Å². The van der Waals surface area contributed by atoms with Gasteiger partial charge in [-0.3, -0.25) is 9.59 Å². The lowest BCUT2D eigenvalue weighted by Crippen LogP contribution is -2.47. The molecule has 1 unspecified atom stereocenters. The second-order valence-corrected chi connectivity index (χ2v) is 8.47. The fourth-order valence-electron chi connectivity index (χ4n) is 3.75. The Morgan fingerprint density at radius 1 is 1.31 bits per heavy atom. The Morgan fingerprint density at radius 2 is 2.03 bits per heavy atom. The van der Waals surface area contributed by atoms with E-state index in [0.717, 1.165) is 17.8 Å². The van der Waals surface area contributed by atoms with Gasteiger partial charge in [0.25, 0.3) is 5.91 Å². The topological polar surface area (TPSA) is 88.3 Å². The highest BCUT2D eigenvalue weighted by Crippen LogP contribution is 2.45. The number of rotatable bonds is 5. The van der Waals surface area contributed by atoms with Gasteiger partial charge in [0.15, 0.2) is 0 Å². The maximum absolute atomic E-state index is 14.0. The first-order chi connectivity index (χ1) is 13.7. The van der Waals surface area contributed by atoms with Gasteiger partial charge in [-0.05, 0) is 49.6 Å². The second-order valence-electron chi connectivity index (χ2n) is 8.06. The van der Waals surface area contributed by atoms with Crippen molar-refractivity contribution in [2.75, 3.05) is 11.4 Å². The van der Waals surface area contributed by atoms with Crippen molar-refractivity contribution < 1.29 is 14.0 Å². The lowest BCUT2D eigenvalue weighted by Gasteiger charge is -2.24. The first-order valence-electron chi connectivity index (χ1n) is 9.56. The number of halogens is 2. The highest BCUT2D eigenvalue weighted by atomic mass is 35.5. The minimum Gasteiger partial charge on any atom is -0.368 e. The number of nitrogens with one attached hydrogen (secondary N) is 1. The van der Waals surface area contributed by atoms with Gasteiger partial charge in [-0.1, -0.05) is 25.4 Å². The Balaban J connectivity index is 1.70. The van der Waals surface area contributed by atoms with Crippen molar-refractivity contribution in [2.45, 2.75) is 44.1 Å². The van der Waals surface area contributed by atoms with E-state index in [9.17, 15) is 14.0 Å². The highest BCUT2D eigenvalue weighted by molar-refractivity contribution is 6.30. The smallest absolute Gasteiger partial charge is 0.270 e. The van der Waals surface area contributed by atoms with Crippen molar-refractivity contribution in [1.29, 1.82) is 0 Å². The van der Waals surface area contributed by atoms with E-state index in [2.05, 4.69) is 24.1 Å². The lowest BCUT2D eigenvalue weighted by atomic mass is 9.85. The molecule has 2 heterocycles. The summed E-state index contributed by atoms with van der Waals surface area (Å²) in [6.07, 6.45) is 1.87. The van der Waals surface area contributed by atoms with E-state index in [1.165, 1.54) is 12.1 Å². The number of pyridine rings is 1. The average molecular weight is 417 g/mol. The summed E-state index contributed by atoms with van der Waals surface area (Å²) in [4.78, 5) is 30.9. The van der Waals surface area contributed by atoms with E-state index in [4.69, 9.17) is 17.3 Å². The Morgan fingerprint density at radius 3 is 2.62 bits per heavy atom. The largest absolute Gasteiger partial charge is 0.368 e. The molecule has 2 aliphatic rings. The third kappa shape index (κ3) is 3.23. The molecular formula is C21H22ClFN4O2. The van der Waals surface area contributed by atoms with Gasteiger partial charge in [-0.15, -0.1) is 0 Å². The molecule has 2 aromatic rings. The molecule has 3 N–H and O–H groups in total. The first kappa shape index (κ1) is 19.6. The quantitative estimate of drug-likeness (QED) is 0.781. The van der Waals surface area contributed by atoms with Crippen LogP contribution in [0.4, 0.5) is 15.8 Å². The molecule has 1 fully saturated rings. The van der Waals surface area contributed by atoms with Crippen LogP contribution in [0, 0.1) is 5.82 Å². The van der Waals surface area contributed by atoms with Crippen LogP contribution in [0.3, 0.4) is 0 Å².